The zero-order valence-corrected chi connectivity index (χ0v) is 21.9. The predicted molar refractivity (Wildman–Crippen MR) is 148 cm³/mol. The molecule has 0 aromatic heterocycles. The van der Waals surface area contributed by atoms with Crippen molar-refractivity contribution in [2.24, 2.45) is 11.8 Å². The van der Waals surface area contributed by atoms with Crippen molar-refractivity contribution in [1.29, 1.82) is 0 Å². The van der Waals surface area contributed by atoms with Crippen molar-refractivity contribution in [1.82, 2.24) is 0 Å². The largest absolute Gasteiger partial charge is 0.207 e. The average Bonchev–Trinajstić information content (AvgIpc) is 2.90. The highest BCUT2D eigenvalue weighted by molar-refractivity contribution is 5.64. The summed E-state index contributed by atoms with van der Waals surface area (Å²) < 4.78 is 29.1. The van der Waals surface area contributed by atoms with Crippen molar-refractivity contribution >= 4 is 0 Å². The molecule has 1 fully saturated rings. The van der Waals surface area contributed by atoms with Crippen molar-refractivity contribution in [3.05, 3.63) is 107 Å². The summed E-state index contributed by atoms with van der Waals surface area (Å²) in [6, 6.07) is 22.1. The Kier molecular flexibility index (Phi) is 9.50. The van der Waals surface area contributed by atoms with Gasteiger partial charge < -0.3 is 0 Å². The Morgan fingerprint density at radius 3 is 2.08 bits per heavy atom. The molecule has 0 saturated heterocycles. The third kappa shape index (κ3) is 7.15. The van der Waals surface area contributed by atoms with Crippen LogP contribution in [0.4, 0.5) is 8.78 Å². The summed E-state index contributed by atoms with van der Waals surface area (Å²) in [4.78, 5) is 0. The first-order valence-corrected chi connectivity index (χ1v) is 13.8. The summed E-state index contributed by atoms with van der Waals surface area (Å²) >= 11 is 0. The molecule has 1 atom stereocenters. The molecule has 0 nitrogen and oxygen atoms in total. The number of benzene rings is 3. The van der Waals surface area contributed by atoms with Crippen molar-refractivity contribution in [2.75, 3.05) is 0 Å². The normalized spacial score (nSPS) is 19.0. The van der Waals surface area contributed by atoms with Crippen LogP contribution in [0.5, 0.6) is 0 Å². The summed E-state index contributed by atoms with van der Waals surface area (Å²) in [5, 5.41) is 0. The Labute approximate surface area is 216 Å². The Balaban J connectivity index is 1.25. The minimum absolute atomic E-state index is 0.178. The molecule has 190 valence electrons. The molecule has 1 aliphatic carbocycles. The molecule has 0 heterocycles. The van der Waals surface area contributed by atoms with Crippen LogP contribution in [0.25, 0.3) is 11.1 Å². The van der Waals surface area contributed by atoms with Gasteiger partial charge in [-0.2, -0.15) is 0 Å². The SMILES string of the molecule is CC=CCCc1c(F)cc(-c2ccc(CCC3CCC(C[C@@H](C)c4ccccc4)CC3)cc2)cc1F. The maximum absolute atomic E-state index is 14.5. The highest BCUT2D eigenvalue weighted by Crippen LogP contribution is 2.37. The fraction of sp³-hybridized carbons (Fsp3) is 0.412. The van der Waals surface area contributed by atoms with E-state index in [2.05, 4.69) is 49.4 Å². The number of halogens is 2. The molecule has 0 amide bonds. The molecule has 2 heteroatoms. The second kappa shape index (κ2) is 13.0. The second-order valence-corrected chi connectivity index (χ2v) is 10.7. The molecule has 0 radical (unpaired) electrons. The molecule has 0 N–H and O–H groups in total. The van der Waals surface area contributed by atoms with E-state index >= 15 is 0 Å². The lowest BCUT2D eigenvalue weighted by Gasteiger charge is -2.30. The van der Waals surface area contributed by atoms with Crippen LogP contribution in [0.15, 0.2) is 78.9 Å². The van der Waals surface area contributed by atoms with Crippen LogP contribution in [0.2, 0.25) is 0 Å². The predicted octanol–water partition coefficient (Wildman–Crippen LogP) is 10.1. The van der Waals surface area contributed by atoms with E-state index in [9.17, 15) is 8.78 Å². The standard InChI is InChI=1S/C34H40F2/c1-3-4-6-11-32-33(35)23-31(24-34(32)36)30-20-18-27(19-21-30)13-12-26-14-16-28(17-15-26)22-25(2)29-9-7-5-8-10-29/h3-5,7-10,18-21,23-26,28H,6,11-17,22H2,1-2H3/t25-,26?,28?/m1/s1. The highest BCUT2D eigenvalue weighted by atomic mass is 19.1. The van der Waals surface area contributed by atoms with Crippen LogP contribution in [0.1, 0.15) is 81.4 Å². The summed E-state index contributed by atoms with van der Waals surface area (Å²) in [7, 11) is 0. The molecule has 3 aromatic rings. The van der Waals surface area contributed by atoms with Gasteiger partial charge in [-0.3, -0.25) is 0 Å². The average molecular weight is 487 g/mol. The van der Waals surface area contributed by atoms with Crippen LogP contribution in [-0.2, 0) is 12.8 Å². The van der Waals surface area contributed by atoms with Crippen LogP contribution in [0.3, 0.4) is 0 Å². The molecule has 0 bridgehead atoms. The van der Waals surface area contributed by atoms with Crippen molar-refractivity contribution in [3.8, 4) is 11.1 Å². The van der Waals surface area contributed by atoms with Crippen LogP contribution < -0.4 is 0 Å². The summed E-state index contributed by atoms with van der Waals surface area (Å²) in [6.07, 6.45) is 13.8. The minimum Gasteiger partial charge on any atom is -0.207 e. The van der Waals surface area contributed by atoms with Gasteiger partial charge in [0.2, 0.25) is 0 Å². The molecule has 0 aliphatic heterocycles. The van der Waals surface area contributed by atoms with Gasteiger partial charge in [-0.1, -0.05) is 99.4 Å². The maximum atomic E-state index is 14.5. The molecule has 4 rings (SSSR count). The molecule has 1 aliphatic rings. The van der Waals surface area contributed by atoms with Gasteiger partial charge in [-0.25, -0.2) is 8.78 Å². The third-order valence-electron chi connectivity index (χ3n) is 8.09. The van der Waals surface area contributed by atoms with Gasteiger partial charge in [0.15, 0.2) is 0 Å². The fourth-order valence-corrected chi connectivity index (χ4v) is 5.81. The first-order valence-electron chi connectivity index (χ1n) is 13.8. The van der Waals surface area contributed by atoms with E-state index in [0.717, 1.165) is 23.8 Å². The van der Waals surface area contributed by atoms with E-state index in [1.54, 1.807) is 0 Å². The lowest BCUT2D eigenvalue weighted by atomic mass is 9.75. The number of allylic oxidation sites excluding steroid dienone is 2. The van der Waals surface area contributed by atoms with E-state index < -0.39 is 11.6 Å². The maximum Gasteiger partial charge on any atom is 0.129 e. The van der Waals surface area contributed by atoms with E-state index in [1.807, 2.05) is 31.2 Å². The van der Waals surface area contributed by atoms with Gasteiger partial charge >= 0.3 is 0 Å². The third-order valence-corrected chi connectivity index (χ3v) is 8.09. The van der Waals surface area contributed by atoms with Gasteiger partial charge in [-0.15, -0.1) is 0 Å². The number of aryl methyl sites for hydroxylation is 1. The van der Waals surface area contributed by atoms with Gasteiger partial charge in [0.25, 0.3) is 0 Å². The molecular formula is C34H40F2. The van der Waals surface area contributed by atoms with E-state index in [0.29, 0.717) is 24.3 Å². The Morgan fingerprint density at radius 2 is 1.44 bits per heavy atom. The molecule has 0 unspecified atom stereocenters. The Bertz CT molecular complexity index is 1080. The van der Waals surface area contributed by atoms with Gasteiger partial charge in [0.1, 0.15) is 11.6 Å². The monoisotopic (exact) mass is 486 g/mol. The zero-order valence-electron chi connectivity index (χ0n) is 21.9. The first kappa shape index (κ1) is 26.3. The van der Waals surface area contributed by atoms with Gasteiger partial charge in [0, 0.05) is 5.56 Å². The fourth-order valence-electron chi connectivity index (χ4n) is 5.81. The second-order valence-electron chi connectivity index (χ2n) is 10.7. The first-order chi connectivity index (χ1) is 17.5. The van der Waals surface area contributed by atoms with E-state index in [4.69, 9.17) is 0 Å². The number of rotatable bonds is 10. The van der Waals surface area contributed by atoms with E-state index in [1.165, 1.54) is 61.8 Å². The molecule has 36 heavy (non-hydrogen) atoms. The van der Waals surface area contributed by atoms with Crippen LogP contribution in [0, 0.1) is 23.5 Å². The lowest BCUT2D eigenvalue weighted by molar-refractivity contribution is 0.245. The van der Waals surface area contributed by atoms with E-state index in [-0.39, 0.29) is 5.56 Å². The smallest absolute Gasteiger partial charge is 0.129 e. The number of hydrogen-bond donors (Lipinski definition) is 0. The molecule has 1 saturated carbocycles. The van der Waals surface area contributed by atoms with Crippen LogP contribution >= 0.6 is 0 Å². The summed E-state index contributed by atoms with van der Waals surface area (Å²) in [5.41, 5.74) is 4.42. The van der Waals surface area contributed by atoms with Gasteiger partial charge in [0.05, 0.1) is 0 Å². The quantitative estimate of drug-likeness (QED) is 0.250. The van der Waals surface area contributed by atoms with Crippen LogP contribution in [-0.4, -0.2) is 0 Å². The molecular weight excluding hydrogens is 446 g/mol. The zero-order chi connectivity index (χ0) is 25.3. The highest BCUT2D eigenvalue weighted by Gasteiger charge is 2.23. The Hall–Kier alpha value is -2.74. The molecule has 0 spiro atoms. The van der Waals surface area contributed by atoms with Crippen molar-refractivity contribution in [3.63, 3.8) is 0 Å². The molecule has 3 aromatic carbocycles. The van der Waals surface area contributed by atoms with Gasteiger partial charge in [-0.05, 0) is 91.2 Å². The van der Waals surface area contributed by atoms with Crippen molar-refractivity contribution in [2.45, 2.75) is 77.6 Å². The Morgan fingerprint density at radius 1 is 0.806 bits per heavy atom. The summed E-state index contributed by atoms with van der Waals surface area (Å²) in [6.45, 7) is 4.28. The van der Waals surface area contributed by atoms with Crippen molar-refractivity contribution < 1.29 is 8.78 Å². The topological polar surface area (TPSA) is 0 Å². The minimum atomic E-state index is -0.452. The number of hydrogen-bond acceptors (Lipinski definition) is 0. The summed E-state index contributed by atoms with van der Waals surface area (Å²) in [5.74, 6) is 1.40. The lowest BCUT2D eigenvalue weighted by Crippen LogP contribution is -2.16.